The van der Waals surface area contributed by atoms with Gasteiger partial charge in [0, 0.05) is 11.1 Å². The second-order valence-corrected chi connectivity index (χ2v) is 12.5. The maximum atomic E-state index is 13.5. The second-order valence-electron chi connectivity index (χ2n) is 8.49. The predicted molar refractivity (Wildman–Crippen MR) is 144 cm³/mol. The molecule has 0 aliphatic heterocycles. The number of hydrogen-bond donors (Lipinski definition) is 2. The zero-order valence-corrected chi connectivity index (χ0v) is 23.1. The predicted octanol–water partition coefficient (Wildman–Crippen LogP) is 4.18. The van der Waals surface area contributed by atoms with E-state index in [2.05, 4.69) is 10.0 Å². The molecule has 0 atom stereocenters. The molecule has 0 saturated carbocycles. The highest BCUT2D eigenvalue weighted by Crippen LogP contribution is 2.29. The molecular weight excluding hydrogens is 538 g/mol. The van der Waals surface area contributed by atoms with Crippen LogP contribution in [0, 0.1) is 6.92 Å². The summed E-state index contributed by atoms with van der Waals surface area (Å²) >= 11 is 5.92. The van der Waals surface area contributed by atoms with E-state index in [1.54, 1.807) is 38.1 Å². The van der Waals surface area contributed by atoms with Crippen LogP contribution in [0.25, 0.3) is 0 Å². The van der Waals surface area contributed by atoms with Crippen molar-refractivity contribution < 1.29 is 26.4 Å². The van der Waals surface area contributed by atoms with E-state index in [4.69, 9.17) is 16.3 Å². The van der Waals surface area contributed by atoms with Gasteiger partial charge in [-0.25, -0.2) is 21.6 Å². The summed E-state index contributed by atoms with van der Waals surface area (Å²) in [6, 6.07) is 15.9. The van der Waals surface area contributed by atoms with Crippen molar-refractivity contribution in [2.75, 3.05) is 23.3 Å². The molecule has 0 heterocycles. The molecule has 12 heteroatoms. The van der Waals surface area contributed by atoms with Gasteiger partial charge in [-0.05, 0) is 75.4 Å². The monoisotopic (exact) mass is 565 g/mol. The molecule has 37 heavy (non-hydrogen) atoms. The van der Waals surface area contributed by atoms with Crippen molar-refractivity contribution in [3.8, 4) is 5.75 Å². The number of nitrogens with one attached hydrogen (secondary N) is 2. The van der Waals surface area contributed by atoms with Crippen LogP contribution in [-0.2, 0) is 24.8 Å². The van der Waals surface area contributed by atoms with Crippen LogP contribution in [0.3, 0.4) is 0 Å². The first kappa shape index (κ1) is 28.5. The van der Waals surface area contributed by atoms with Crippen LogP contribution in [0.1, 0.15) is 19.4 Å². The summed E-state index contributed by atoms with van der Waals surface area (Å²) in [4.78, 5) is 13.0. The van der Waals surface area contributed by atoms with Crippen molar-refractivity contribution in [2.24, 2.45) is 0 Å². The second kappa shape index (κ2) is 11.5. The number of sulfonamides is 2. The summed E-state index contributed by atoms with van der Waals surface area (Å²) in [6.07, 6.45) is 0. The van der Waals surface area contributed by atoms with Crippen LogP contribution in [0.2, 0.25) is 5.02 Å². The van der Waals surface area contributed by atoms with E-state index in [0.29, 0.717) is 5.02 Å². The highest BCUT2D eigenvalue weighted by Gasteiger charge is 2.28. The molecule has 3 rings (SSSR count). The van der Waals surface area contributed by atoms with Gasteiger partial charge in [0.15, 0.2) is 0 Å². The number of halogens is 1. The number of hydrogen-bond acceptors (Lipinski definition) is 6. The largest absolute Gasteiger partial charge is 0.495 e. The first-order valence-electron chi connectivity index (χ1n) is 11.2. The van der Waals surface area contributed by atoms with Gasteiger partial charge in [0.2, 0.25) is 15.9 Å². The summed E-state index contributed by atoms with van der Waals surface area (Å²) in [5, 5.41) is 2.96. The number of carbonyl (C=O) groups excluding carboxylic acids is 1. The smallest absolute Gasteiger partial charge is 0.264 e. The number of ether oxygens (including phenoxy) is 1. The Morgan fingerprint density at radius 3 is 2.11 bits per heavy atom. The average Bonchev–Trinajstić information content (AvgIpc) is 2.82. The Kier molecular flexibility index (Phi) is 8.85. The minimum Gasteiger partial charge on any atom is -0.495 e. The molecule has 0 spiro atoms. The van der Waals surface area contributed by atoms with Gasteiger partial charge in [-0.15, -0.1) is 0 Å². The summed E-state index contributed by atoms with van der Waals surface area (Å²) in [5.74, 6) is -0.498. The number of amides is 1. The SMILES string of the molecule is COc1ccc(S(=O)(=O)NC(C)C)cc1NC(=O)CN(c1ccc(C)cc1)S(=O)(=O)c1ccc(Cl)cc1. The van der Waals surface area contributed by atoms with Gasteiger partial charge in [-0.2, -0.15) is 0 Å². The molecule has 0 aliphatic rings. The van der Waals surface area contributed by atoms with Gasteiger partial charge >= 0.3 is 0 Å². The highest BCUT2D eigenvalue weighted by molar-refractivity contribution is 7.92. The fraction of sp³-hybridized carbons (Fsp3) is 0.240. The molecule has 198 valence electrons. The standard InChI is InChI=1S/C25H28ClN3O6S2/c1-17(2)28-36(31,32)22-13-14-24(35-4)23(15-22)27-25(30)16-29(20-9-5-18(3)6-10-20)37(33,34)21-11-7-19(26)8-12-21/h5-15,17,28H,16H2,1-4H3,(H,27,30). The third kappa shape index (κ3) is 7.01. The molecule has 1 amide bonds. The zero-order valence-electron chi connectivity index (χ0n) is 20.7. The summed E-state index contributed by atoms with van der Waals surface area (Å²) in [7, 11) is -6.63. The van der Waals surface area contributed by atoms with Crippen molar-refractivity contribution in [1.29, 1.82) is 0 Å². The minimum absolute atomic E-state index is 0.0456. The van der Waals surface area contributed by atoms with Gasteiger partial charge in [-0.1, -0.05) is 29.3 Å². The Morgan fingerprint density at radius 1 is 0.946 bits per heavy atom. The van der Waals surface area contributed by atoms with E-state index in [-0.39, 0.29) is 33.0 Å². The van der Waals surface area contributed by atoms with E-state index in [1.165, 1.54) is 49.6 Å². The molecule has 2 N–H and O–H groups in total. The van der Waals surface area contributed by atoms with Gasteiger partial charge < -0.3 is 10.1 Å². The van der Waals surface area contributed by atoms with E-state index in [9.17, 15) is 21.6 Å². The number of rotatable bonds is 10. The third-order valence-corrected chi connectivity index (χ3v) is 8.85. The molecule has 9 nitrogen and oxygen atoms in total. The molecule has 0 aliphatic carbocycles. The molecule has 3 aromatic rings. The molecule has 0 radical (unpaired) electrons. The Balaban J connectivity index is 1.97. The maximum absolute atomic E-state index is 13.5. The van der Waals surface area contributed by atoms with Crippen molar-refractivity contribution in [3.63, 3.8) is 0 Å². The third-order valence-electron chi connectivity index (χ3n) is 5.16. The Morgan fingerprint density at radius 2 is 1.54 bits per heavy atom. The molecular formula is C25H28ClN3O6S2. The first-order valence-corrected chi connectivity index (χ1v) is 14.5. The molecule has 0 fully saturated rings. The van der Waals surface area contributed by atoms with Gasteiger partial charge in [0.1, 0.15) is 12.3 Å². The molecule has 3 aromatic carbocycles. The minimum atomic E-state index is -4.15. The number of methoxy groups -OCH3 is 1. The highest BCUT2D eigenvalue weighted by atomic mass is 35.5. The topological polar surface area (TPSA) is 122 Å². The van der Waals surface area contributed by atoms with Crippen LogP contribution >= 0.6 is 11.6 Å². The average molecular weight is 566 g/mol. The maximum Gasteiger partial charge on any atom is 0.264 e. The van der Waals surface area contributed by atoms with Crippen molar-refractivity contribution in [3.05, 3.63) is 77.3 Å². The summed E-state index contributed by atoms with van der Waals surface area (Å²) in [5.41, 5.74) is 1.27. The van der Waals surface area contributed by atoms with Gasteiger partial charge in [0.25, 0.3) is 10.0 Å². The normalized spacial score (nSPS) is 11.8. The Bertz CT molecular complexity index is 1470. The number of carbonyl (C=O) groups is 1. The number of aryl methyl sites for hydroxylation is 1. The Hall–Kier alpha value is -3.12. The lowest BCUT2D eigenvalue weighted by molar-refractivity contribution is -0.114. The van der Waals surface area contributed by atoms with Gasteiger partial charge in [0.05, 0.1) is 28.3 Å². The van der Waals surface area contributed by atoms with Crippen molar-refractivity contribution in [1.82, 2.24) is 4.72 Å². The van der Waals surface area contributed by atoms with Crippen LogP contribution in [-0.4, -0.2) is 42.4 Å². The Labute approximate surface area is 222 Å². The summed E-state index contributed by atoms with van der Waals surface area (Å²) in [6.45, 7) is 4.64. The van der Waals surface area contributed by atoms with E-state index < -0.39 is 32.5 Å². The van der Waals surface area contributed by atoms with E-state index in [1.807, 2.05) is 6.92 Å². The van der Waals surface area contributed by atoms with Crippen molar-refractivity contribution in [2.45, 2.75) is 36.6 Å². The first-order chi connectivity index (χ1) is 17.3. The van der Waals surface area contributed by atoms with Gasteiger partial charge in [-0.3, -0.25) is 9.10 Å². The van der Waals surface area contributed by atoms with Crippen LogP contribution in [0.4, 0.5) is 11.4 Å². The van der Waals surface area contributed by atoms with Crippen molar-refractivity contribution >= 4 is 48.9 Å². The van der Waals surface area contributed by atoms with E-state index in [0.717, 1.165) is 9.87 Å². The lowest BCUT2D eigenvalue weighted by Gasteiger charge is -2.24. The fourth-order valence-corrected chi connectivity index (χ4v) is 6.23. The lowest BCUT2D eigenvalue weighted by atomic mass is 10.2. The fourth-order valence-electron chi connectivity index (χ4n) is 3.41. The van der Waals surface area contributed by atoms with Crippen LogP contribution in [0.15, 0.2) is 76.5 Å². The number of anilines is 2. The molecule has 0 unspecified atom stereocenters. The van der Waals surface area contributed by atoms with Crippen LogP contribution in [0.5, 0.6) is 5.75 Å². The zero-order chi connectivity index (χ0) is 27.4. The quantitative estimate of drug-likeness (QED) is 0.380. The molecule has 0 saturated heterocycles. The number of nitrogens with zero attached hydrogens (tertiary/aromatic N) is 1. The lowest BCUT2D eigenvalue weighted by Crippen LogP contribution is -2.38. The number of benzene rings is 3. The van der Waals surface area contributed by atoms with Crippen LogP contribution < -0.4 is 19.1 Å². The molecule has 0 aromatic heterocycles. The molecule has 0 bridgehead atoms. The summed E-state index contributed by atoms with van der Waals surface area (Å²) < 4.78 is 61.0. The van der Waals surface area contributed by atoms with E-state index >= 15 is 0 Å².